The van der Waals surface area contributed by atoms with Gasteiger partial charge < -0.3 is 50.9 Å². The number of carboxylic acids is 1. The van der Waals surface area contributed by atoms with Crippen molar-refractivity contribution < 1.29 is 53.3 Å². The molecule has 3 heterocycles. The number of aliphatic hydroxyl groups excluding tert-OH is 1. The Balaban J connectivity index is 1.48. The number of amides is 7. The highest BCUT2D eigenvalue weighted by Gasteiger charge is 2.42. The Morgan fingerprint density at radius 1 is 0.712 bits per heavy atom. The van der Waals surface area contributed by atoms with Crippen molar-refractivity contribution in [3.8, 4) is 0 Å². The summed E-state index contributed by atoms with van der Waals surface area (Å²) >= 11 is 0. The number of rotatable bonds is 19. The van der Waals surface area contributed by atoms with Gasteiger partial charge >= 0.3 is 5.97 Å². The second kappa shape index (κ2) is 23.5. The topological polar surface area (TPSA) is 244 Å². The van der Waals surface area contributed by atoms with E-state index in [-0.39, 0.29) is 62.9 Å². The van der Waals surface area contributed by atoms with Crippen molar-refractivity contribution in [2.24, 2.45) is 11.8 Å². The molecule has 0 aromatic rings. The van der Waals surface area contributed by atoms with Crippen molar-refractivity contribution in [1.82, 2.24) is 36.0 Å². The van der Waals surface area contributed by atoms with Crippen molar-refractivity contribution in [1.29, 1.82) is 0 Å². The smallest absolute Gasteiger partial charge is 0.305 e. The molecule has 7 amide bonds. The maximum Gasteiger partial charge on any atom is 0.305 e. The van der Waals surface area contributed by atoms with Gasteiger partial charge in [0.25, 0.3) is 0 Å². The lowest BCUT2D eigenvalue weighted by molar-refractivity contribution is -0.149. The number of nitrogens with one attached hydrogen (secondary N) is 4. The van der Waals surface area contributed by atoms with E-state index in [2.05, 4.69) is 21.3 Å². The van der Waals surface area contributed by atoms with E-state index >= 15 is 0 Å². The molecule has 0 spiro atoms. The zero-order chi connectivity index (χ0) is 43.1. The van der Waals surface area contributed by atoms with E-state index in [4.69, 9.17) is 4.74 Å². The van der Waals surface area contributed by atoms with Crippen LogP contribution < -0.4 is 21.3 Å². The molecule has 6 N–H and O–H groups in total. The number of piperidine rings is 1. The van der Waals surface area contributed by atoms with Crippen molar-refractivity contribution in [3.05, 3.63) is 0 Å². The molecule has 0 bridgehead atoms. The van der Waals surface area contributed by atoms with Crippen molar-refractivity contribution in [2.75, 3.05) is 45.9 Å². The van der Waals surface area contributed by atoms with E-state index < -0.39 is 78.2 Å². The summed E-state index contributed by atoms with van der Waals surface area (Å²) in [6.45, 7) is 7.50. The highest BCUT2D eigenvalue weighted by Crippen LogP contribution is 2.31. The fourth-order valence-electron chi connectivity index (χ4n) is 8.74. The van der Waals surface area contributed by atoms with Gasteiger partial charge in [-0.3, -0.25) is 38.4 Å². The lowest BCUT2D eigenvalue weighted by Gasteiger charge is -2.38. The molecule has 1 aliphatic carbocycles. The number of carbonyl (C=O) groups excluding carboxylic acids is 7. The molecule has 3 saturated heterocycles. The minimum atomic E-state index is -1.59. The van der Waals surface area contributed by atoms with Crippen LogP contribution in [0.4, 0.5) is 0 Å². The number of carboxylic acid groups (broad SMARTS) is 1. The van der Waals surface area contributed by atoms with Crippen LogP contribution in [0.25, 0.3) is 0 Å². The molecule has 3 aliphatic heterocycles. The largest absolute Gasteiger partial charge is 0.481 e. The Labute approximate surface area is 347 Å². The fourth-order valence-corrected chi connectivity index (χ4v) is 8.74. The Bertz CT molecular complexity index is 1480. The average molecular weight is 834 g/mol. The van der Waals surface area contributed by atoms with Crippen LogP contribution in [0.15, 0.2) is 0 Å². The summed E-state index contributed by atoms with van der Waals surface area (Å²) in [4.78, 5) is 112. The quantitative estimate of drug-likeness (QED) is 0.104. The maximum atomic E-state index is 14.4. The number of ether oxygens (including phenoxy) is 1. The number of hydrogen-bond donors (Lipinski definition) is 6. The van der Waals surface area contributed by atoms with Crippen LogP contribution >= 0.6 is 0 Å². The summed E-state index contributed by atoms with van der Waals surface area (Å²) in [5.74, 6) is -4.74. The number of likely N-dealkylation sites (tertiary alicyclic amines) is 2. The first-order chi connectivity index (χ1) is 28.2. The molecule has 18 heteroatoms. The number of nitrogens with zero attached hydrogens (tertiary/aromatic N) is 3. The van der Waals surface area contributed by atoms with Crippen LogP contribution in [0.3, 0.4) is 0 Å². The molecule has 59 heavy (non-hydrogen) atoms. The third kappa shape index (κ3) is 13.9. The Hall–Kier alpha value is -4.32. The molecule has 0 aromatic heterocycles. The molecule has 1 unspecified atom stereocenters. The van der Waals surface area contributed by atoms with E-state index in [0.717, 1.165) is 25.7 Å². The minimum Gasteiger partial charge on any atom is -0.481 e. The van der Waals surface area contributed by atoms with Crippen molar-refractivity contribution in [3.63, 3.8) is 0 Å². The van der Waals surface area contributed by atoms with Gasteiger partial charge in [-0.05, 0) is 63.7 Å². The summed E-state index contributed by atoms with van der Waals surface area (Å²) in [5.41, 5.74) is 0. The first kappa shape index (κ1) is 47.4. The normalized spacial score (nSPS) is 22.6. The predicted octanol–water partition coefficient (Wildman–Crippen LogP) is 0.440. The Kier molecular flexibility index (Phi) is 18.8. The first-order valence-corrected chi connectivity index (χ1v) is 21.8. The molecule has 7 atom stereocenters. The third-order valence-electron chi connectivity index (χ3n) is 12.1. The molecule has 0 radical (unpaired) electrons. The van der Waals surface area contributed by atoms with Gasteiger partial charge in [-0.2, -0.15) is 0 Å². The molecule has 4 fully saturated rings. The second-order valence-corrected chi connectivity index (χ2v) is 16.6. The lowest BCUT2D eigenvalue weighted by atomic mass is 9.79. The van der Waals surface area contributed by atoms with Crippen molar-refractivity contribution in [2.45, 2.75) is 153 Å². The Morgan fingerprint density at radius 2 is 1.31 bits per heavy atom. The van der Waals surface area contributed by atoms with E-state index in [1.165, 1.54) is 23.1 Å². The zero-order valence-corrected chi connectivity index (χ0v) is 35.1. The number of carbonyl (C=O) groups is 8. The van der Waals surface area contributed by atoms with Crippen LogP contribution in [0, 0.1) is 11.8 Å². The summed E-state index contributed by atoms with van der Waals surface area (Å²) in [6.07, 6.45) is 6.27. The van der Waals surface area contributed by atoms with E-state index in [1.54, 1.807) is 4.90 Å². The summed E-state index contributed by atoms with van der Waals surface area (Å²) < 4.78 is 5.37. The second-order valence-electron chi connectivity index (χ2n) is 16.6. The molecule has 4 aliphatic rings. The molecule has 4 rings (SSSR count). The predicted molar refractivity (Wildman–Crippen MR) is 214 cm³/mol. The monoisotopic (exact) mass is 833 g/mol. The fraction of sp³-hybridized carbons (Fsp3) is 0.805. The molecule has 0 aromatic carbocycles. The highest BCUT2D eigenvalue weighted by atomic mass is 16.5. The number of hydrogen-bond acceptors (Lipinski definition) is 10. The number of aliphatic hydroxyl groups is 1. The summed E-state index contributed by atoms with van der Waals surface area (Å²) in [6, 6.07) is -6.16. The molecule has 18 nitrogen and oxygen atoms in total. The standard InChI is InChI=1S/C41H67N7O11/c1-4-17-42-39(56)36(27(3)49)45-38(55)32-14-10-19-48(32)41(58)30(25-35(52)53)44-37(54)31-13-8-9-18-47(31)40(57)29(15-16-34(51)46-20-22-59-23-21-46)43-33(50)24-26(2)28-11-6-5-7-12-28/h26-32,36,49H,4-25H2,1-3H3,(H,42,56)(H,43,50)(H,44,54)(H,45,55)(H,52,53)/t26-,27?,29-,30-,31-,32-,36-/m0/s1. The first-order valence-electron chi connectivity index (χ1n) is 21.8. The lowest BCUT2D eigenvalue weighted by Crippen LogP contribution is -2.61. The maximum absolute atomic E-state index is 14.4. The highest BCUT2D eigenvalue weighted by molar-refractivity contribution is 5.98. The van der Waals surface area contributed by atoms with Crippen LogP contribution in [0.1, 0.15) is 117 Å². The number of aliphatic carboxylic acids is 1. The number of morpholine rings is 1. The van der Waals surface area contributed by atoms with Crippen LogP contribution in [-0.2, 0) is 43.1 Å². The van der Waals surface area contributed by atoms with Gasteiger partial charge in [-0.1, -0.05) is 46.0 Å². The molecular formula is C41H67N7O11. The van der Waals surface area contributed by atoms with Gasteiger partial charge in [0.2, 0.25) is 41.4 Å². The van der Waals surface area contributed by atoms with E-state index in [0.29, 0.717) is 64.4 Å². The van der Waals surface area contributed by atoms with Crippen LogP contribution in [0.2, 0.25) is 0 Å². The van der Waals surface area contributed by atoms with Crippen LogP contribution in [-0.4, -0.2) is 154 Å². The van der Waals surface area contributed by atoms with Gasteiger partial charge in [0.05, 0.1) is 25.7 Å². The van der Waals surface area contributed by atoms with Gasteiger partial charge in [-0.25, -0.2) is 0 Å². The molecule has 332 valence electrons. The molecular weight excluding hydrogens is 766 g/mol. The summed E-state index contributed by atoms with van der Waals surface area (Å²) in [5, 5.41) is 30.7. The van der Waals surface area contributed by atoms with Gasteiger partial charge in [0.1, 0.15) is 30.2 Å². The minimum absolute atomic E-state index is 0.0120. The van der Waals surface area contributed by atoms with Gasteiger partial charge in [-0.15, -0.1) is 0 Å². The van der Waals surface area contributed by atoms with Gasteiger partial charge in [0.15, 0.2) is 0 Å². The average Bonchev–Trinajstić information content (AvgIpc) is 3.73. The SMILES string of the molecule is CCCNC(=O)[C@@H](NC(=O)[C@@H]1CCCN1C(=O)[C@H](CC(=O)O)NC(=O)[C@@H]1CCCCN1C(=O)[C@H](CCC(=O)N1CCOCC1)NC(=O)C[C@H](C)C1CCCCC1)C(C)O. The van der Waals surface area contributed by atoms with Gasteiger partial charge in [0, 0.05) is 45.6 Å². The van der Waals surface area contributed by atoms with Crippen LogP contribution in [0.5, 0.6) is 0 Å². The zero-order valence-electron chi connectivity index (χ0n) is 35.1. The van der Waals surface area contributed by atoms with E-state index in [1.807, 2.05) is 13.8 Å². The summed E-state index contributed by atoms with van der Waals surface area (Å²) in [7, 11) is 0. The Morgan fingerprint density at radius 3 is 1.93 bits per heavy atom. The van der Waals surface area contributed by atoms with E-state index in [9.17, 15) is 48.6 Å². The molecule has 1 saturated carbocycles. The van der Waals surface area contributed by atoms with Crippen molar-refractivity contribution >= 4 is 47.3 Å². The third-order valence-corrected chi connectivity index (χ3v) is 12.1.